The number of ether oxygens (including phenoxy) is 2. The van der Waals surface area contributed by atoms with Crippen LogP contribution in [0.25, 0.3) is 10.8 Å². The number of nitrogens with two attached hydrogens (primary N) is 1. The van der Waals surface area contributed by atoms with Crippen LogP contribution >= 0.6 is 0 Å². The first-order valence-corrected chi connectivity index (χ1v) is 12.4. The van der Waals surface area contributed by atoms with Gasteiger partial charge in [0.2, 0.25) is 0 Å². The fourth-order valence-electron chi connectivity index (χ4n) is 3.56. The predicted octanol–water partition coefficient (Wildman–Crippen LogP) is 5.92. The molecule has 4 aromatic carbocycles. The summed E-state index contributed by atoms with van der Waals surface area (Å²) in [6.45, 7) is 0. The van der Waals surface area contributed by atoms with E-state index in [1.807, 2.05) is 0 Å². The van der Waals surface area contributed by atoms with Crippen molar-refractivity contribution in [1.29, 1.82) is 0 Å². The van der Waals surface area contributed by atoms with E-state index in [1.54, 1.807) is 0 Å². The second kappa shape index (κ2) is 10.7. The van der Waals surface area contributed by atoms with Crippen LogP contribution in [-0.4, -0.2) is 43.4 Å². The van der Waals surface area contributed by atoms with Crippen LogP contribution in [0, 0.1) is 0 Å². The normalized spacial score (nSPS) is 11.9. The molecule has 0 fully saturated rings. The van der Waals surface area contributed by atoms with Gasteiger partial charge in [0, 0.05) is 23.2 Å². The number of carboxylic acid groups (broad SMARTS) is 1. The number of azo groups is 2. The summed E-state index contributed by atoms with van der Waals surface area (Å²) < 4.78 is 44.6. The number of fused-ring (bicyclic) bond motifs is 1. The van der Waals surface area contributed by atoms with Crippen LogP contribution < -0.4 is 15.2 Å². The van der Waals surface area contributed by atoms with E-state index in [1.165, 1.54) is 68.8 Å². The van der Waals surface area contributed by atoms with Gasteiger partial charge in [0.15, 0.2) is 5.75 Å². The van der Waals surface area contributed by atoms with Crippen LogP contribution in [0.2, 0.25) is 0 Å². The van der Waals surface area contributed by atoms with Crippen LogP contribution in [0.5, 0.6) is 17.2 Å². The van der Waals surface area contributed by atoms with Crippen LogP contribution in [0.3, 0.4) is 0 Å². The summed E-state index contributed by atoms with van der Waals surface area (Å²) in [5.74, 6) is -1.28. The van der Waals surface area contributed by atoms with Crippen molar-refractivity contribution in [3.8, 4) is 17.2 Å². The minimum absolute atomic E-state index is 0.0764. The van der Waals surface area contributed by atoms with E-state index in [4.69, 9.17) is 20.3 Å². The molecule has 0 aliphatic heterocycles. The highest BCUT2D eigenvalue weighted by atomic mass is 32.2. The molecule has 0 radical (unpaired) electrons. The number of carboxylic acids is 1. The Hall–Kier alpha value is -5.08. The third-order valence-electron chi connectivity index (χ3n) is 5.48. The fraction of sp³-hybridized carbons (Fsp3) is 0.0800. The Balaban J connectivity index is 1.77. The van der Waals surface area contributed by atoms with Crippen molar-refractivity contribution < 1.29 is 37.5 Å². The van der Waals surface area contributed by atoms with Crippen molar-refractivity contribution in [2.45, 2.75) is 4.90 Å². The van der Waals surface area contributed by atoms with Crippen molar-refractivity contribution in [3.63, 3.8) is 0 Å². The highest BCUT2D eigenvalue weighted by molar-refractivity contribution is 7.86. The van der Waals surface area contributed by atoms with E-state index in [0.29, 0.717) is 16.8 Å². The molecule has 0 aliphatic carbocycles. The molecule has 0 bridgehead atoms. The molecule has 0 spiro atoms. The molecule has 0 atom stereocenters. The number of hydrogen-bond donors (Lipinski definition) is 4. The van der Waals surface area contributed by atoms with Crippen LogP contribution in [0.4, 0.5) is 28.4 Å². The van der Waals surface area contributed by atoms with Crippen LogP contribution in [0.15, 0.2) is 86.0 Å². The molecule has 0 unspecified atom stereocenters. The SMILES string of the molecule is COc1cc(N=Nc2c(S(=O)(=O)O)cc3ccc(N)cc3c2O)c(OC)cc1N=Nc1ccc(C(=O)O)cc1. The fourth-order valence-corrected chi connectivity index (χ4v) is 4.22. The van der Waals surface area contributed by atoms with Gasteiger partial charge in [0.25, 0.3) is 10.1 Å². The van der Waals surface area contributed by atoms with Crippen molar-refractivity contribution >= 4 is 55.3 Å². The van der Waals surface area contributed by atoms with Crippen molar-refractivity contribution in [1.82, 2.24) is 0 Å². The third-order valence-corrected chi connectivity index (χ3v) is 6.35. The summed E-state index contributed by atoms with van der Waals surface area (Å²) in [5.41, 5.74) is 6.39. The number of methoxy groups -OCH3 is 2. The van der Waals surface area contributed by atoms with Gasteiger partial charge in [-0.1, -0.05) is 6.07 Å². The van der Waals surface area contributed by atoms with E-state index in [9.17, 15) is 22.9 Å². The van der Waals surface area contributed by atoms with Gasteiger partial charge in [-0.05, 0) is 47.9 Å². The molecule has 4 rings (SSSR count). The summed E-state index contributed by atoms with van der Waals surface area (Å²) in [4.78, 5) is 10.4. The Morgan fingerprint density at radius 1 is 0.846 bits per heavy atom. The summed E-state index contributed by atoms with van der Waals surface area (Å²) in [6.07, 6.45) is 0. The third kappa shape index (κ3) is 5.76. The number of aromatic carboxylic acids is 1. The zero-order chi connectivity index (χ0) is 28.3. The molecular formula is C25H21N5O8S. The maximum Gasteiger partial charge on any atom is 0.335 e. The summed E-state index contributed by atoms with van der Waals surface area (Å²) in [7, 11) is -2.07. The standard InChI is InChI=1S/C25H21N5O8S/c1-37-20-12-19(21(38-2)11-18(20)28-27-16-7-4-13(5-8-16)25(32)33)29-30-23-22(39(34,35)36)9-14-3-6-15(26)10-17(14)24(23)31/h3-12,31H,26H2,1-2H3,(H,32,33)(H,34,35,36). The Morgan fingerprint density at radius 2 is 1.44 bits per heavy atom. The molecular weight excluding hydrogens is 530 g/mol. The van der Waals surface area contributed by atoms with E-state index in [2.05, 4.69) is 20.5 Å². The summed E-state index contributed by atoms with van der Waals surface area (Å²) in [5, 5.41) is 36.5. The maximum atomic E-state index is 12.1. The first-order chi connectivity index (χ1) is 18.5. The van der Waals surface area contributed by atoms with Crippen molar-refractivity contribution in [2.24, 2.45) is 20.5 Å². The van der Waals surface area contributed by atoms with Gasteiger partial charge in [-0.2, -0.15) is 13.5 Å². The quantitative estimate of drug-likeness (QED) is 0.116. The summed E-state index contributed by atoms with van der Waals surface area (Å²) in [6, 6.07) is 14.1. The highest BCUT2D eigenvalue weighted by Gasteiger charge is 2.22. The van der Waals surface area contributed by atoms with Gasteiger partial charge >= 0.3 is 5.97 Å². The molecule has 0 saturated carbocycles. The molecule has 5 N–H and O–H groups in total. The lowest BCUT2D eigenvalue weighted by molar-refractivity contribution is 0.0697. The first kappa shape index (κ1) is 27.0. The molecule has 200 valence electrons. The molecule has 39 heavy (non-hydrogen) atoms. The molecule has 0 aromatic heterocycles. The number of rotatable bonds is 8. The number of phenols is 1. The lowest BCUT2D eigenvalue weighted by Gasteiger charge is -2.11. The Morgan fingerprint density at radius 3 is 1.97 bits per heavy atom. The highest BCUT2D eigenvalue weighted by Crippen LogP contribution is 2.44. The zero-order valence-electron chi connectivity index (χ0n) is 20.4. The van der Waals surface area contributed by atoms with Gasteiger partial charge in [-0.25, -0.2) is 4.79 Å². The maximum absolute atomic E-state index is 12.1. The van der Waals surface area contributed by atoms with Gasteiger partial charge in [-0.15, -0.1) is 15.3 Å². The molecule has 0 heterocycles. The van der Waals surface area contributed by atoms with Gasteiger partial charge < -0.3 is 25.4 Å². The second-order valence-electron chi connectivity index (χ2n) is 7.98. The Bertz CT molecular complexity index is 1750. The molecule has 14 heteroatoms. The van der Waals surface area contributed by atoms with Gasteiger partial charge in [0.1, 0.15) is 33.5 Å². The zero-order valence-corrected chi connectivity index (χ0v) is 21.2. The largest absolute Gasteiger partial charge is 0.505 e. The van der Waals surface area contributed by atoms with Gasteiger partial charge in [-0.3, -0.25) is 4.55 Å². The minimum Gasteiger partial charge on any atom is -0.505 e. The monoisotopic (exact) mass is 551 g/mol. The average Bonchev–Trinajstić information content (AvgIpc) is 2.91. The second-order valence-corrected chi connectivity index (χ2v) is 9.37. The van der Waals surface area contributed by atoms with E-state index in [0.717, 1.165) is 6.07 Å². The lowest BCUT2D eigenvalue weighted by Crippen LogP contribution is -1.99. The average molecular weight is 552 g/mol. The van der Waals surface area contributed by atoms with Gasteiger partial charge in [0.05, 0.1) is 25.5 Å². The van der Waals surface area contributed by atoms with Crippen LogP contribution in [-0.2, 0) is 10.1 Å². The predicted molar refractivity (Wildman–Crippen MR) is 141 cm³/mol. The van der Waals surface area contributed by atoms with Crippen LogP contribution in [0.1, 0.15) is 10.4 Å². The minimum atomic E-state index is -4.80. The topological polar surface area (TPSA) is 206 Å². The molecule has 4 aromatic rings. The first-order valence-electron chi connectivity index (χ1n) is 11.0. The van der Waals surface area contributed by atoms with Crippen molar-refractivity contribution in [2.75, 3.05) is 20.0 Å². The molecule has 0 aliphatic rings. The van der Waals surface area contributed by atoms with E-state index < -0.39 is 32.4 Å². The summed E-state index contributed by atoms with van der Waals surface area (Å²) >= 11 is 0. The van der Waals surface area contributed by atoms with E-state index in [-0.39, 0.29) is 33.8 Å². The number of hydrogen-bond acceptors (Lipinski definition) is 11. The molecule has 0 saturated heterocycles. The number of benzene rings is 4. The molecule has 0 amide bonds. The number of carbonyl (C=O) groups is 1. The Labute approximate surface area is 221 Å². The lowest BCUT2D eigenvalue weighted by atomic mass is 10.1. The number of phenolic OH excluding ortho intramolecular Hbond substituents is 1. The molecule has 13 nitrogen and oxygen atoms in total. The van der Waals surface area contributed by atoms with E-state index >= 15 is 0 Å². The number of nitrogen functional groups attached to an aromatic ring is 1. The van der Waals surface area contributed by atoms with Crippen molar-refractivity contribution in [3.05, 3.63) is 66.2 Å². The Kier molecular flexibility index (Phi) is 7.42. The smallest absolute Gasteiger partial charge is 0.335 e. The number of nitrogens with zero attached hydrogens (tertiary/aromatic N) is 4. The number of aromatic hydroxyl groups is 1. The number of anilines is 1.